The largest absolute Gasteiger partial charge is 0.398 e. The molecule has 1 aliphatic rings. The van der Waals surface area contributed by atoms with E-state index in [9.17, 15) is 5.11 Å². The van der Waals surface area contributed by atoms with Gasteiger partial charge in [-0.25, -0.2) is 0 Å². The summed E-state index contributed by atoms with van der Waals surface area (Å²) in [6.45, 7) is 9.99. The number of nitrogen functional groups attached to an aromatic ring is 1. The predicted molar refractivity (Wildman–Crippen MR) is 129 cm³/mol. The Morgan fingerprint density at radius 1 is 1.31 bits per heavy atom. The SMILES string of the molecule is CC(C)c1[nH]nc2c(=NCc3ccc(Cl)c(N)c3)nc(N3CCCC3CO)n(C(C)C)c12. The van der Waals surface area contributed by atoms with Crippen molar-refractivity contribution in [3.63, 3.8) is 0 Å². The van der Waals surface area contributed by atoms with Crippen LogP contribution in [-0.2, 0) is 6.54 Å². The minimum absolute atomic E-state index is 0.0586. The van der Waals surface area contributed by atoms with Crippen LogP contribution in [0.15, 0.2) is 23.2 Å². The highest BCUT2D eigenvalue weighted by atomic mass is 35.5. The molecule has 0 radical (unpaired) electrons. The molecule has 1 fully saturated rings. The van der Waals surface area contributed by atoms with Gasteiger partial charge in [0.25, 0.3) is 0 Å². The van der Waals surface area contributed by atoms with Crippen LogP contribution in [0, 0.1) is 0 Å². The van der Waals surface area contributed by atoms with E-state index in [1.165, 1.54) is 0 Å². The predicted octanol–water partition coefficient (Wildman–Crippen LogP) is 3.76. The molecule has 4 rings (SSSR count). The second-order valence-corrected chi connectivity index (χ2v) is 9.44. The number of aromatic amines is 1. The Labute approximate surface area is 193 Å². The van der Waals surface area contributed by atoms with Gasteiger partial charge in [-0.1, -0.05) is 31.5 Å². The second-order valence-electron chi connectivity index (χ2n) is 9.03. The molecule has 1 atom stereocenters. The van der Waals surface area contributed by atoms with Crippen LogP contribution >= 0.6 is 11.6 Å². The fourth-order valence-electron chi connectivity index (χ4n) is 4.40. The van der Waals surface area contributed by atoms with Crippen LogP contribution in [0.3, 0.4) is 0 Å². The molecule has 9 heteroatoms. The van der Waals surface area contributed by atoms with Crippen molar-refractivity contribution in [3.8, 4) is 0 Å². The monoisotopic (exact) mass is 457 g/mol. The first-order valence-corrected chi connectivity index (χ1v) is 11.6. The third-order valence-electron chi connectivity index (χ3n) is 6.05. The van der Waals surface area contributed by atoms with E-state index in [2.05, 4.69) is 47.4 Å². The van der Waals surface area contributed by atoms with Gasteiger partial charge in [0.15, 0.2) is 11.0 Å². The van der Waals surface area contributed by atoms with Gasteiger partial charge >= 0.3 is 0 Å². The van der Waals surface area contributed by atoms with Gasteiger partial charge < -0.3 is 20.3 Å². The average Bonchev–Trinajstić information content (AvgIpc) is 3.40. The molecular formula is C23H32ClN7O. The van der Waals surface area contributed by atoms with Crippen molar-refractivity contribution in [2.75, 3.05) is 23.8 Å². The lowest BCUT2D eigenvalue weighted by Crippen LogP contribution is -2.37. The van der Waals surface area contributed by atoms with Gasteiger partial charge in [0.05, 0.1) is 41.1 Å². The number of aliphatic hydroxyl groups excluding tert-OH is 1. The van der Waals surface area contributed by atoms with Gasteiger partial charge in [0.1, 0.15) is 0 Å². The van der Waals surface area contributed by atoms with E-state index in [-0.39, 0.29) is 24.6 Å². The highest BCUT2D eigenvalue weighted by Gasteiger charge is 2.30. The first kappa shape index (κ1) is 22.6. The molecule has 32 heavy (non-hydrogen) atoms. The number of fused-ring (bicyclic) bond motifs is 1. The van der Waals surface area contributed by atoms with Crippen LogP contribution in [0.25, 0.3) is 11.0 Å². The van der Waals surface area contributed by atoms with Crippen LogP contribution in [0.4, 0.5) is 11.6 Å². The molecule has 4 N–H and O–H groups in total. The summed E-state index contributed by atoms with van der Waals surface area (Å²) >= 11 is 6.07. The molecular weight excluding hydrogens is 426 g/mol. The van der Waals surface area contributed by atoms with Crippen molar-refractivity contribution in [1.82, 2.24) is 19.7 Å². The van der Waals surface area contributed by atoms with Crippen LogP contribution in [0.1, 0.15) is 63.8 Å². The molecule has 0 aliphatic carbocycles. The zero-order valence-electron chi connectivity index (χ0n) is 19.1. The van der Waals surface area contributed by atoms with Crippen molar-refractivity contribution in [1.29, 1.82) is 0 Å². The van der Waals surface area contributed by atoms with E-state index in [1.54, 1.807) is 6.07 Å². The lowest BCUT2D eigenvalue weighted by Gasteiger charge is -2.29. The molecule has 1 saturated heterocycles. The highest BCUT2D eigenvalue weighted by Crippen LogP contribution is 2.31. The Bertz CT molecular complexity index is 1180. The van der Waals surface area contributed by atoms with E-state index >= 15 is 0 Å². The molecule has 8 nitrogen and oxygen atoms in total. The number of halogens is 1. The molecule has 1 aliphatic heterocycles. The molecule has 1 unspecified atom stereocenters. The number of nitrogens with two attached hydrogens (primary N) is 1. The first-order chi connectivity index (χ1) is 15.3. The molecule has 0 spiro atoms. The van der Waals surface area contributed by atoms with Gasteiger partial charge in [-0.05, 0) is 50.3 Å². The smallest absolute Gasteiger partial charge is 0.208 e. The number of rotatable bonds is 6. The number of aliphatic hydroxyl groups is 1. The Kier molecular flexibility index (Phi) is 6.44. The van der Waals surface area contributed by atoms with E-state index in [1.807, 2.05) is 12.1 Å². The summed E-state index contributed by atoms with van der Waals surface area (Å²) in [6.07, 6.45) is 1.98. The maximum Gasteiger partial charge on any atom is 0.208 e. The highest BCUT2D eigenvalue weighted by molar-refractivity contribution is 6.33. The second kappa shape index (κ2) is 9.11. The quantitative estimate of drug-likeness (QED) is 0.488. The third-order valence-corrected chi connectivity index (χ3v) is 6.40. The summed E-state index contributed by atoms with van der Waals surface area (Å²) in [5.41, 5.74) is 10.9. The van der Waals surface area contributed by atoms with Crippen molar-refractivity contribution >= 4 is 34.3 Å². The van der Waals surface area contributed by atoms with Crippen molar-refractivity contribution in [2.45, 2.75) is 65.1 Å². The number of H-pyrrole nitrogens is 1. The molecule has 0 saturated carbocycles. The summed E-state index contributed by atoms with van der Waals surface area (Å²) < 4.78 is 2.24. The van der Waals surface area contributed by atoms with Crippen LogP contribution in [0.5, 0.6) is 0 Å². The van der Waals surface area contributed by atoms with Gasteiger partial charge in [-0.3, -0.25) is 10.1 Å². The summed E-state index contributed by atoms with van der Waals surface area (Å²) in [6, 6.07) is 5.77. The summed E-state index contributed by atoms with van der Waals surface area (Å²) in [7, 11) is 0. The fraction of sp³-hybridized carbons (Fsp3) is 0.522. The first-order valence-electron chi connectivity index (χ1n) is 11.2. The Balaban J connectivity index is 1.94. The topological polar surface area (TPSA) is 108 Å². The lowest BCUT2D eigenvalue weighted by molar-refractivity contribution is 0.265. The maximum absolute atomic E-state index is 9.97. The Morgan fingerprint density at radius 3 is 2.75 bits per heavy atom. The molecule has 3 aromatic rings. The zero-order chi connectivity index (χ0) is 23.0. The molecule has 172 valence electrons. The number of aromatic nitrogens is 4. The van der Waals surface area contributed by atoms with E-state index in [4.69, 9.17) is 27.3 Å². The maximum atomic E-state index is 9.97. The van der Waals surface area contributed by atoms with Crippen molar-refractivity contribution in [3.05, 3.63) is 40.0 Å². The normalized spacial score (nSPS) is 17.4. The third kappa shape index (κ3) is 4.09. The molecule has 0 bridgehead atoms. The standard InChI is InChI=1S/C23H32ClN7O/c1-13(2)19-21-20(29-28-19)22(26-11-15-7-8-17(24)18(25)10-15)27-23(31(21)14(3)4)30-9-5-6-16(30)12-32/h7-8,10,13-14,16,32H,5-6,9,11-12,25H2,1-4H3,(H,28,29). The Hall–Kier alpha value is -2.58. The van der Waals surface area contributed by atoms with E-state index < -0.39 is 0 Å². The van der Waals surface area contributed by atoms with E-state index in [0.717, 1.165) is 47.6 Å². The lowest BCUT2D eigenvalue weighted by atomic mass is 10.1. The number of hydrogen-bond acceptors (Lipinski definition) is 6. The zero-order valence-corrected chi connectivity index (χ0v) is 19.9. The fourth-order valence-corrected chi connectivity index (χ4v) is 4.52. The number of benzene rings is 1. The van der Waals surface area contributed by atoms with Gasteiger partial charge in [0.2, 0.25) is 5.95 Å². The summed E-state index contributed by atoms with van der Waals surface area (Å²) in [5.74, 6) is 1.10. The molecule has 2 aromatic heterocycles. The number of nitrogens with zero attached hydrogens (tertiary/aromatic N) is 5. The van der Waals surface area contributed by atoms with Gasteiger partial charge in [0, 0.05) is 12.6 Å². The Morgan fingerprint density at radius 2 is 2.09 bits per heavy atom. The summed E-state index contributed by atoms with van der Waals surface area (Å²) in [5, 5.41) is 18.4. The molecule has 1 aromatic carbocycles. The number of nitrogens with one attached hydrogen (secondary N) is 1. The summed E-state index contributed by atoms with van der Waals surface area (Å²) in [4.78, 5) is 12.1. The van der Waals surface area contributed by atoms with Gasteiger partial charge in [-0.2, -0.15) is 10.1 Å². The van der Waals surface area contributed by atoms with Crippen LogP contribution < -0.4 is 16.1 Å². The number of anilines is 2. The minimum atomic E-state index is 0.0586. The van der Waals surface area contributed by atoms with Crippen molar-refractivity contribution < 1.29 is 5.11 Å². The number of hydrogen-bond donors (Lipinski definition) is 3. The van der Waals surface area contributed by atoms with Gasteiger partial charge in [-0.15, -0.1) is 0 Å². The molecule has 3 heterocycles. The van der Waals surface area contributed by atoms with E-state index in [0.29, 0.717) is 22.7 Å². The van der Waals surface area contributed by atoms with Crippen LogP contribution in [0.2, 0.25) is 5.02 Å². The average molecular weight is 458 g/mol. The minimum Gasteiger partial charge on any atom is -0.398 e. The van der Waals surface area contributed by atoms with Crippen molar-refractivity contribution in [2.24, 2.45) is 4.99 Å². The van der Waals surface area contributed by atoms with Crippen LogP contribution in [-0.4, -0.2) is 44.0 Å². The molecule has 0 amide bonds.